The molecule has 48 valence electrons. The van der Waals surface area contributed by atoms with Gasteiger partial charge in [-0.1, -0.05) is 0 Å². The van der Waals surface area contributed by atoms with Crippen LogP contribution in [0.5, 0.6) is 5.75 Å². The Morgan fingerprint density at radius 3 is 2.44 bits per heavy atom. The fourth-order valence-corrected chi connectivity index (χ4v) is 0.918. The summed E-state index contributed by atoms with van der Waals surface area (Å²) in [5, 5.41) is 10.7. The zero-order valence-corrected chi connectivity index (χ0v) is 5.52. The lowest BCUT2D eigenvalue weighted by Crippen LogP contribution is -2.22. The quantitative estimate of drug-likeness (QED) is 0.500. The van der Waals surface area contributed by atoms with Crippen LogP contribution in [0.4, 0.5) is 0 Å². The van der Waals surface area contributed by atoms with Crippen LogP contribution in [0.2, 0.25) is 0 Å². The van der Waals surface area contributed by atoms with Gasteiger partial charge in [-0.05, 0) is 6.92 Å². The Kier molecular flexibility index (Phi) is 1.24. The average molecular weight is 124 g/mol. The molecule has 0 aromatic heterocycles. The molecule has 2 heteroatoms. The monoisotopic (exact) mass is 124 g/mol. The number of rotatable bonds is 1. The molecule has 1 aromatic carbocycles. The van der Waals surface area contributed by atoms with Gasteiger partial charge in [0.1, 0.15) is 0 Å². The molecule has 0 spiro atoms. The molecule has 0 radical (unpaired) electrons. The van der Waals surface area contributed by atoms with Crippen molar-refractivity contribution in [3.05, 3.63) is 21.4 Å². The van der Waals surface area contributed by atoms with Crippen LogP contribution >= 0.6 is 0 Å². The van der Waals surface area contributed by atoms with E-state index in [1.807, 2.05) is 6.92 Å². The predicted molar refractivity (Wildman–Crippen MR) is 33.1 cm³/mol. The molecule has 0 aliphatic rings. The fraction of sp³-hybridized carbons (Fsp3) is 0.429. The van der Waals surface area contributed by atoms with Crippen molar-refractivity contribution in [3.8, 4) is 5.75 Å². The maximum Gasteiger partial charge on any atom is 0.289 e. The highest BCUT2D eigenvalue weighted by atomic mass is 16.3. The first kappa shape index (κ1) is 6.20. The minimum Gasteiger partial charge on any atom is -0.852 e. The summed E-state index contributed by atoms with van der Waals surface area (Å²) < 4.78 is 0. The number of hydrogen-bond donors (Lipinski definition) is 0. The van der Waals surface area contributed by atoms with Crippen molar-refractivity contribution in [2.45, 2.75) is 20.3 Å². The minimum absolute atomic E-state index is 0.0394. The summed E-state index contributed by atoms with van der Waals surface area (Å²) >= 11 is 0. The Hall–Kier alpha value is -0.920. The highest BCUT2D eigenvalue weighted by molar-refractivity contribution is 5.45. The first-order chi connectivity index (χ1) is 4.18. The molecule has 1 aromatic rings. The molecule has 0 saturated heterocycles. The van der Waals surface area contributed by atoms with Gasteiger partial charge in [-0.2, -0.15) is 0 Å². The molecular formula is C7H8O2. The maximum absolute atomic E-state index is 10.7. The van der Waals surface area contributed by atoms with Crippen LogP contribution in [-0.2, 0) is 6.42 Å². The summed E-state index contributed by atoms with van der Waals surface area (Å²) in [6.45, 7) is 3.39. The Morgan fingerprint density at radius 2 is 2.22 bits per heavy atom. The molecule has 0 aliphatic heterocycles. The predicted octanol–water partition coefficient (Wildman–Crippen LogP) is 0.148. The van der Waals surface area contributed by atoms with Gasteiger partial charge in [0.2, 0.25) is 0 Å². The SMILES string of the molecule is CCc1c([O-])[c+](C)c1=O. The molecule has 2 nitrogen and oxygen atoms in total. The van der Waals surface area contributed by atoms with Crippen LogP contribution in [0.1, 0.15) is 18.1 Å². The third-order valence-corrected chi connectivity index (χ3v) is 1.58. The van der Waals surface area contributed by atoms with E-state index in [0.29, 0.717) is 17.5 Å². The second-order valence-electron chi connectivity index (χ2n) is 2.12. The van der Waals surface area contributed by atoms with Crippen LogP contribution in [0.25, 0.3) is 0 Å². The average Bonchev–Trinajstić information content (AvgIpc) is 1.89. The smallest absolute Gasteiger partial charge is 0.289 e. The second-order valence-corrected chi connectivity index (χ2v) is 2.12. The van der Waals surface area contributed by atoms with Crippen molar-refractivity contribution in [1.29, 1.82) is 0 Å². The Bertz CT molecular complexity index is 247. The van der Waals surface area contributed by atoms with E-state index in [1.165, 1.54) is 0 Å². The Labute approximate surface area is 53.5 Å². The Morgan fingerprint density at radius 1 is 1.67 bits per heavy atom. The fourth-order valence-electron chi connectivity index (χ4n) is 0.918. The first-order valence-corrected chi connectivity index (χ1v) is 2.97. The van der Waals surface area contributed by atoms with Crippen LogP contribution in [0.15, 0.2) is 4.79 Å². The van der Waals surface area contributed by atoms with Crippen molar-refractivity contribution in [2.24, 2.45) is 0 Å². The maximum atomic E-state index is 10.7. The third-order valence-electron chi connectivity index (χ3n) is 1.58. The van der Waals surface area contributed by atoms with Crippen molar-refractivity contribution in [1.82, 2.24) is 0 Å². The molecule has 0 amide bonds. The molecule has 0 fully saturated rings. The molecule has 9 heavy (non-hydrogen) atoms. The molecule has 0 saturated carbocycles. The summed E-state index contributed by atoms with van der Waals surface area (Å²) in [5.41, 5.74) is 0.821. The van der Waals surface area contributed by atoms with E-state index >= 15 is 0 Å². The molecule has 0 bridgehead atoms. The van der Waals surface area contributed by atoms with E-state index in [1.54, 1.807) is 6.92 Å². The van der Waals surface area contributed by atoms with E-state index in [2.05, 4.69) is 0 Å². The van der Waals surface area contributed by atoms with Gasteiger partial charge < -0.3 is 5.11 Å². The molecule has 0 heterocycles. The lowest BCUT2D eigenvalue weighted by Gasteiger charge is -2.10. The highest BCUT2D eigenvalue weighted by Gasteiger charge is 2.17. The second kappa shape index (κ2) is 1.79. The van der Waals surface area contributed by atoms with E-state index in [0.717, 1.165) is 0 Å². The van der Waals surface area contributed by atoms with E-state index in [4.69, 9.17) is 0 Å². The summed E-state index contributed by atoms with van der Waals surface area (Å²) in [5.74, 6) is -0.0394. The van der Waals surface area contributed by atoms with Gasteiger partial charge in [-0.3, -0.25) is 4.79 Å². The van der Waals surface area contributed by atoms with Crippen molar-refractivity contribution >= 4 is 0 Å². The third kappa shape index (κ3) is 0.626. The molecular weight excluding hydrogens is 116 g/mol. The normalized spacial score (nSPS) is 10.4. The largest absolute Gasteiger partial charge is 0.852 e. The van der Waals surface area contributed by atoms with Crippen LogP contribution in [-0.4, -0.2) is 0 Å². The summed E-state index contributed by atoms with van der Waals surface area (Å²) in [6, 6.07) is 0. The summed E-state index contributed by atoms with van der Waals surface area (Å²) in [6.07, 6.45) is 0.578. The Balaban J connectivity index is 3.09. The van der Waals surface area contributed by atoms with Gasteiger partial charge in [0, 0.05) is 19.1 Å². The molecule has 0 N–H and O–H groups in total. The van der Waals surface area contributed by atoms with Gasteiger partial charge in [-0.15, -0.1) is 0 Å². The van der Waals surface area contributed by atoms with Gasteiger partial charge in [0.25, 0.3) is 5.43 Å². The summed E-state index contributed by atoms with van der Waals surface area (Å²) in [4.78, 5) is 10.7. The molecule has 0 unspecified atom stereocenters. The van der Waals surface area contributed by atoms with Crippen LogP contribution < -0.4 is 10.5 Å². The van der Waals surface area contributed by atoms with E-state index in [-0.39, 0.29) is 11.2 Å². The topological polar surface area (TPSA) is 40.1 Å². The van der Waals surface area contributed by atoms with Gasteiger partial charge in [-0.25, -0.2) is 0 Å². The number of hydrogen-bond acceptors (Lipinski definition) is 2. The zero-order valence-electron chi connectivity index (χ0n) is 5.52. The summed E-state index contributed by atoms with van der Waals surface area (Å²) in [7, 11) is 0. The van der Waals surface area contributed by atoms with Crippen molar-refractivity contribution < 1.29 is 5.11 Å². The van der Waals surface area contributed by atoms with Gasteiger partial charge in [0.05, 0.1) is 11.1 Å². The highest BCUT2D eigenvalue weighted by Crippen LogP contribution is 2.17. The zero-order chi connectivity index (χ0) is 7.02. The van der Waals surface area contributed by atoms with Crippen molar-refractivity contribution in [3.63, 3.8) is 0 Å². The lowest BCUT2D eigenvalue weighted by atomic mass is 10.0. The van der Waals surface area contributed by atoms with Crippen molar-refractivity contribution in [2.75, 3.05) is 0 Å². The molecule has 1 rings (SSSR count). The minimum atomic E-state index is -0.0394. The first-order valence-electron chi connectivity index (χ1n) is 2.97. The van der Waals surface area contributed by atoms with Gasteiger partial charge >= 0.3 is 0 Å². The van der Waals surface area contributed by atoms with Gasteiger partial charge in [0.15, 0.2) is 0 Å². The van der Waals surface area contributed by atoms with E-state index in [9.17, 15) is 9.90 Å². The standard InChI is InChI=1S/C7H8O2/c1-3-5-6(8)4(2)7(5)9/h3H2,1-2H3. The molecule has 0 aliphatic carbocycles. The molecule has 0 atom stereocenters. The van der Waals surface area contributed by atoms with Crippen LogP contribution in [0, 0.1) is 6.92 Å². The van der Waals surface area contributed by atoms with Crippen LogP contribution in [0.3, 0.4) is 0 Å². The lowest BCUT2D eigenvalue weighted by molar-refractivity contribution is -0.272. The van der Waals surface area contributed by atoms with E-state index < -0.39 is 0 Å².